The van der Waals surface area contributed by atoms with Crippen LogP contribution in [-0.2, 0) is 16.6 Å². The Labute approximate surface area is 119 Å². The highest BCUT2D eigenvalue weighted by molar-refractivity contribution is 7.88. The van der Waals surface area contributed by atoms with E-state index < -0.39 is 10.0 Å². The lowest BCUT2D eigenvalue weighted by atomic mass is 10.1. The standard InChI is InChI=1S/C14H19N3O2S/c1-12-15-9-11-17(12)10-8-14(16-20(2,18)19)13-6-4-3-5-7-13/h3-7,9,11,14,16H,8,10H2,1-2H3. The summed E-state index contributed by atoms with van der Waals surface area (Å²) in [5.41, 5.74) is 0.968. The molecule has 20 heavy (non-hydrogen) atoms. The Hall–Kier alpha value is -1.66. The minimum Gasteiger partial charge on any atom is -0.335 e. The van der Waals surface area contributed by atoms with Crippen LogP contribution in [-0.4, -0.2) is 24.2 Å². The van der Waals surface area contributed by atoms with Gasteiger partial charge in [-0.05, 0) is 18.9 Å². The lowest BCUT2D eigenvalue weighted by Crippen LogP contribution is -2.28. The van der Waals surface area contributed by atoms with Crippen LogP contribution in [0.25, 0.3) is 0 Å². The summed E-state index contributed by atoms with van der Waals surface area (Å²) in [6.45, 7) is 2.65. The molecule has 2 rings (SSSR count). The fraction of sp³-hybridized carbons (Fsp3) is 0.357. The SMILES string of the molecule is Cc1nccn1CCC(NS(C)(=O)=O)c1ccccc1. The Morgan fingerprint density at radius 3 is 2.55 bits per heavy atom. The summed E-state index contributed by atoms with van der Waals surface area (Å²) in [6.07, 6.45) is 5.51. The molecular weight excluding hydrogens is 274 g/mol. The van der Waals surface area contributed by atoms with Crippen LogP contribution in [0.2, 0.25) is 0 Å². The van der Waals surface area contributed by atoms with Gasteiger partial charge in [0.25, 0.3) is 0 Å². The van der Waals surface area contributed by atoms with Gasteiger partial charge in [-0.15, -0.1) is 0 Å². The summed E-state index contributed by atoms with van der Waals surface area (Å²) in [5.74, 6) is 0.927. The Morgan fingerprint density at radius 2 is 2.00 bits per heavy atom. The van der Waals surface area contributed by atoms with Crippen molar-refractivity contribution >= 4 is 10.0 Å². The van der Waals surface area contributed by atoms with Crippen LogP contribution in [0.3, 0.4) is 0 Å². The monoisotopic (exact) mass is 293 g/mol. The van der Waals surface area contributed by atoms with Gasteiger partial charge >= 0.3 is 0 Å². The maximum Gasteiger partial charge on any atom is 0.209 e. The summed E-state index contributed by atoms with van der Waals surface area (Å²) in [7, 11) is -3.25. The number of sulfonamides is 1. The number of imidazole rings is 1. The number of nitrogens with zero attached hydrogens (tertiary/aromatic N) is 2. The lowest BCUT2D eigenvalue weighted by molar-refractivity contribution is 0.505. The number of aromatic nitrogens is 2. The second-order valence-corrected chi connectivity index (χ2v) is 6.59. The van der Waals surface area contributed by atoms with Crippen molar-refractivity contribution in [2.24, 2.45) is 0 Å². The molecule has 0 radical (unpaired) electrons. The van der Waals surface area contributed by atoms with E-state index in [9.17, 15) is 8.42 Å². The predicted octanol–water partition coefficient (Wildman–Crippen LogP) is 1.87. The van der Waals surface area contributed by atoms with Crippen molar-refractivity contribution in [2.45, 2.75) is 25.9 Å². The Bertz CT molecular complexity index is 650. The number of hydrogen-bond donors (Lipinski definition) is 1. The maximum atomic E-state index is 11.5. The smallest absolute Gasteiger partial charge is 0.209 e. The summed E-state index contributed by atoms with van der Waals surface area (Å²) < 4.78 is 27.7. The van der Waals surface area contributed by atoms with Crippen molar-refractivity contribution in [3.8, 4) is 0 Å². The van der Waals surface area contributed by atoms with Crippen LogP contribution in [0.1, 0.15) is 23.9 Å². The molecule has 0 aliphatic heterocycles. The van der Waals surface area contributed by atoms with Crippen LogP contribution in [0, 0.1) is 6.92 Å². The molecule has 0 aliphatic carbocycles. The molecule has 108 valence electrons. The number of nitrogens with one attached hydrogen (secondary N) is 1. The lowest BCUT2D eigenvalue weighted by Gasteiger charge is -2.18. The van der Waals surface area contributed by atoms with Gasteiger partial charge in [0.15, 0.2) is 0 Å². The zero-order valence-corrected chi connectivity index (χ0v) is 12.5. The van der Waals surface area contributed by atoms with E-state index in [1.54, 1.807) is 6.20 Å². The highest BCUT2D eigenvalue weighted by Gasteiger charge is 2.16. The third-order valence-corrected chi connectivity index (χ3v) is 3.85. The largest absolute Gasteiger partial charge is 0.335 e. The van der Waals surface area contributed by atoms with E-state index in [1.807, 2.05) is 48.0 Å². The van der Waals surface area contributed by atoms with E-state index in [4.69, 9.17) is 0 Å². The van der Waals surface area contributed by atoms with Crippen molar-refractivity contribution in [1.82, 2.24) is 14.3 Å². The molecule has 0 saturated heterocycles. The molecule has 1 N–H and O–H groups in total. The number of benzene rings is 1. The first kappa shape index (κ1) is 14.7. The topological polar surface area (TPSA) is 64.0 Å². The molecule has 0 bridgehead atoms. The number of aryl methyl sites for hydroxylation is 2. The molecule has 1 aromatic carbocycles. The first-order valence-corrected chi connectivity index (χ1v) is 8.35. The molecule has 0 amide bonds. The number of rotatable bonds is 6. The van der Waals surface area contributed by atoms with Gasteiger partial charge in [-0.3, -0.25) is 0 Å². The van der Waals surface area contributed by atoms with Crippen LogP contribution < -0.4 is 4.72 Å². The third-order valence-electron chi connectivity index (χ3n) is 3.14. The van der Waals surface area contributed by atoms with E-state index in [0.717, 1.165) is 11.4 Å². The van der Waals surface area contributed by atoms with E-state index in [-0.39, 0.29) is 6.04 Å². The van der Waals surface area contributed by atoms with Gasteiger partial charge in [0, 0.05) is 25.0 Å². The molecule has 6 heteroatoms. The molecule has 1 atom stereocenters. The average Bonchev–Trinajstić information content (AvgIpc) is 2.80. The molecule has 1 unspecified atom stereocenters. The predicted molar refractivity (Wildman–Crippen MR) is 78.7 cm³/mol. The Balaban J connectivity index is 2.13. The van der Waals surface area contributed by atoms with Crippen LogP contribution in [0.4, 0.5) is 0 Å². The Morgan fingerprint density at radius 1 is 1.30 bits per heavy atom. The minimum atomic E-state index is -3.25. The molecule has 5 nitrogen and oxygen atoms in total. The van der Waals surface area contributed by atoms with Crippen LogP contribution >= 0.6 is 0 Å². The molecule has 0 fully saturated rings. The van der Waals surface area contributed by atoms with Gasteiger partial charge in [-0.2, -0.15) is 0 Å². The van der Waals surface area contributed by atoms with Crippen molar-refractivity contribution in [2.75, 3.05) is 6.26 Å². The van der Waals surface area contributed by atoms with Crippen molar-refractivity contribution in [3.05, 3.63) is 54.1 Å². The fourth-order valence-corrected chi connectivity index (χ4v) is 2.92. The van der Waals surface area contributed by atoms with E-state index >= 15 is 0 Å². The van der Waals surface area contributed by atoms with Crippen LogP contribution in [0.5, 0.6) is 0 Å². The third kappa shape index (κ3) is 4.18. The quantitative estimate of drug-likeness (QED) is 0.884. The van der Waals surface area contributed by atoms with Crippen molar-refractivity contribution < 1.29 is 8.42 Å². The zero-order chi connectivity index (χ0) is 14.6. The molecule has 0 saturated carbocycles. The van der Waals surface area contributed by atoms with E-state index in [2.05, 4.69) is 9.71 Å². The van der Waals surface area contributed by atoms with E-state index in [1.165, 1.54) is 6.26 Å². The van der Waals surface area contributed by atoms with Gasteiger partial charge < -0.3 is 4.57 Å². The number of hydrogen-bond acceptors (Lipinski definition) is 3. The van der Waals surface area contributed by atoms with Crippen molar-refractivity contribution in [1.29, 1.82) is 0 Å². The fourth-order valence-electron chi connectivity index (χ4n) is 2.15. The summed E-state index contributed by atoms with van der Waals surface area (Å²) in [5, 5.41) is 0. The van der Waals surface area contributed by atoms with Gasteiger partial charge in [0.05, 0.1) is 6.26 Å². The second-order valence-electron chi connectivity index (χ2n) is 4.81. The second kappa shape index (κ2) is 6.19. The molecule has 2 aromatic rings. The van der Waals surface area contributed by atoms with E-state index in [0.29, 0.717) is 13.0 Å². The van der Waals surface area contributed by atoms with Gasteiger partial charge in [0.1, 0.15) is 5.82 Å². The van der Waals surface area contributed by atoms with Crippen molar-refractivity contribution in [3.63, 3.8) is 0 Å². The molecule has 1 aromatic heterocycles. The Kier molecular flexibility index (Phi) is 4.57. The molecule has 1 heterocycles. The first-order valence-electron chi connectivity index (χ1n) is 6.46. The zero-order valence-electron chi connectivity index (χ0n) is 11.7. The summed E-state index contributed by atoms with van der Waals surface area (Å²) >= 11 is 0. The summed E-state index contributed by atoms with van der Waals surface area (Å²) in [6, 6.07) is 9.38. The van der Waals surface area contributed by atoms with Crippen LogP contribution in [0.15, 0.2) is 42.7 Å². The van der Waals surface area contributed by atoms with Gasteiger partial charge in [-0.1, -0.05) is 30.3 Å². The van der Waals surface area contributed by atoms with Gasteiger partial charge in [-0.25, -0.2) is 18.1 Å². The highest BCUT2D eigenvalue weighted by Crippen LogP contribution is 2.18. The summed E-state index contributed by atoms with van der Waals surface area (Å²) in [4.78, 5) is 4.17. The average molecular weight is 293 g/mol. The molecule has 0 aliphatic rings. The van der Waals surface area contributed by atoms with Gasteiger partial charge in [0.2, 0.25) is 10.0 Å². The molecule has 0 spiro atoms. The first-order chi connectivity index (χ1) is 9.46. The minimum absolute atomic E-state index is 0.229. The normalized spacial score (nSPS) is 13.3. The molecular formula is C14H19N3O2S. The maximum absolute atomic E-state index is 11.5. The highest BCUT2D eigenvalue weighted by atomic mass is 32.2.